The third-order valence-corrected chi connectivity index (χ3v) is 4.89. The van der Waals surface area contributed by atoms with Crippen molar-refractivity contribution in [3.8, 4) is 22.3 Å². The van der Waals surface area contributed by atoms with Gasteiger partial charge < -0.3 is 9.47 Å². The van der Waals surface area contributed by atoms with Gasteiger partial charge in [0, 0.05) is 12.2 Å². The molecule has 0 aliphatic rings. The van der Waals surface area contributed by atoms with Gasteiger partial charge in [0.1, 0.15) is 6.33 Å². The van der Waals surface area contributed by atoms with Crippen LogP contribution in [0.15, 0.2) is 18.6 Å². The highest BCUT2D eigenvalue weighted by atomic mass is 32.1. The summed E-state index contributed by atoms with van der Waals surface area (Å²) in [5, 5.41) is 6.16. The number of ether oxygens (including phenoxy) is 2. The minimum atomic E-state index is -4.73. The first kappa shape index (κ1) is 21.5. The van der Waals surface area contributed by atoms with Gasteiger partial charge in [-0.1, -0.05) is 11.3 Å². The van der Waals surface area contributed by atoms with E-state index < -0.39 is 17.8 Å². The van der Waals surface area contributed by atoms with E-state index in [9.17, 15) is 18.0 Å². The van der Waals surface area contributed by atoms with Gasteiger partial charge in [-0.2, -0.15) is 18.3 Å². The standard InChI is InChI=1S/C17H17F3N6O3S/c1-8(2)26-9(5-6-23-26)11-12(17(18,19)20)24-16(30-11)25-13(27)10-14(28-3)21-7-22-15(10)29-4/h5-8H,1-4H3,(H,24,25,27). The van der Waals surface area contributed by atoms with Crippen LogP contribution in [0, 0.1) is 0 Å². The van der Waals surface area contributed by atoms with Crippen LogP contribution in [0.4, 0.5) is 18.3 Å². The number of amides is 1. The average molecular weight is 442 g/mol. The van der Waals surface area contributed by atoms with Crippen LogP contribution in [0.3, 0.4) is 0 Å². The van der Waals surface area contributed by atoms with Crippen molar-refractivity contribution in [2.24, 2.45) is 0 Å². The third-order valence-electron chi connectivity index (χ3n) is 3.90. The molecule has 0 aromatic carbocycles. The number of nitrogens with zero attached hydrogens (tertiary/aromatic N) is 5. The van der Waals surface area contributed by atoms with Crippen molar-refractivity contribution in [1.29, 1.82) is 0 Å². The number of hydrogen-bond acceptors (Lipinski definition) is 8. The number of nitrogens with one attached hydrogen (secondary N) is 1. The third kappa shape index (κ3) is 4.06. The first-order valence-corrected chi connectivity index (χ1v) is 9.35. The van der Waals surface area contributed by atoms with Crippen molar-refractivity contribution < 1.29 is 27.4 Å². The highest BCUT2D eigenvalue weighted by Crippen LogP contribution is 2.42. The number of rotatable bonds is 6. The number of alkyl halides is 3. The Kier molecular flexibility index (Phi) is 5.92. The predicted octanol–water partition coefficient (Wildman–Crippen LogP) is 3.67. The molecule has 0 aliphatic heterocycles. The fourth-order valence-corrected chi connectivity index (χ4v) is 3.66. The molecule has 30 heavy (non-hydrogen) atoms. The molecule has 0 unspecified atom stereocenters. The van der Waals surface area contributed by atoms with Gasteiger partial charge in [-0.3, -0.25) is 14.8 Å². The van der Waals surface area contributed by atoms with Crippen molar-refractivity contribution >= 4 is 22.4 Å². The number of anilines is 1. The fraction of sp³-hybridized carbons (Fsp3) is 0.353. The van der Waals surface area contributed by atoms with Gasteiger partial charge in [-0.05, 0) is 19.9 Å². The maximum atomic E-state index is 13.6. The van der Waals surface area contributed by atoms with E-state index in [1.807, 2.05) is 0 Å². The van der Waals surface area contributed by atoms with E-state index in [1.165, 1.54) is 31.2 Å². The van der Waals surface area contributed by atoms with E-state index >= 15 is 0 Å². The lowest BCUT2D eigenvalue weighted by Crippen LogP contribution is -2.16. The number of carbonyl (C=O) groups excluding carboxylic acids is 1. The minimum absolute atomic E-state index is 0.0925. The number of aromatic nitrogens is 5. The zero-order valence-corrected chi connectivity index (χ0v) is 17.1. The Morgan fingerprint density at radius 2 is 1.83 bits per heavy atom. The van der Waals surface area contributed by atoms with Crippen LogP contribution in [0.2, 0.25) is 0 Å². The molecule has 160 valence electrons. The van der Waals surface area contributed by atoms with Crippen molar-refractivity contribution in [2.45, 2.75) is 26.1 Å². The van der Waals surface area contributed by atoms with E-state index in [0.717, 1.165) is 6.33 Å². The Hall–Kier alpha value is -3.22. The second-order valence-electron chi connectivity index (χ2n) is 6.17. The molecule has 1 N–H and O–H groups in total. The van der Waals surface area contributed by atoms with Gasteiger partial charge in [-0.25, -0.2) is 15.0 Å². The number of hydrogen-bond donors (Lipinski definition) is 1. The molecule has 0 aliphatic carbocycles. The SMILES string of the molecule is COc1ncnc(OC)c1C(=O)Nc1nc(C(F)(F)F)c(-c2ccnn2C(C)C)s1. The molecule has 3 heterocycles. The molecule has 9 nitrogen and oxygen atoms in total. The summed E-state index contributed by atoms with van der Waals surface area (Å²) in [6.07, 6.45) is -2.19. The summed E-state index contributed by atoms with van der Waals surface area (Å²) in [6, 6.07) is 1.29. The summed E-state index contributed by atoms with van der Waals surface area (Å²) in [5.74, 6) is -1.01. The zero-order valence-electron chi connectivity index (χ0n) is 16.3. The van der Waals surface area contributed by atoms with Crippen LogP contribution in [0.25, 0.3) is 10.6 Å². The first-order valence-electron chi connectivity index (χ1n) is 8.53. The molecule has 0 bridgehead atoms. The Morgan fingerprint density at radius 1 is 1.20 bits per heavy atom. The van der Waals surface area contributed by atoms with Gasteiger partial charge in [0.2, 0.25) is 11.8 Å². The first-order chi connectivity index (χ1) is 14.2. The topological polar surface area (TPSA) is 104 Å². The molecule has 0 fully saturated rings. The summed E-state index contributed by atoms with van der Waals surface area (Å²) >= 11 is 0.679. The van der Waals surface area contributed by atoms with Crippen LogP contribution in [-0.4, -0.2) is 44.9 Å². The molecule has 3 aromatic rings. The summed E-state index contributed by atoms with van der Waals surface area (Å²) in [4.78, 5) is 23.8. The molecule has 0 radical (unpaired) electrons. The highest BCUT2D eigenvalue weighted by molar-refractivity contribution is 7.19. The maximum Gasteiger partial charge on any atom is 0.434 e. The zero-order chi connectivity index (χ0) is 22.1. The second-order valence-corrected chi connectivity index (χ2v) is 7.17. The average Bonchev–Trinajstić information content (AvgIpc) is 3.33. The molecular weight excluding hydrogens is 425 g/mol. The van der Waals surface area contributed by atoms with Crippen LogP contribution in [-0.2, 0) is 6.18 Å². The van der Waals surface area contributed by atoms with Crippen LogP contribution in [0.5, 0.6) is 11.8 Å². The molecule has 0 saturated heterocycles. The lowest BCUT2D eigenvalue weighted by atomic mass is 10.2. The van der Waals surface area contributed by atoms with E-state index in [4.69, 9.17) is 9.47 Å². The Labute approximate surface area is 172 Å². The van der Waals surface area contributed by atoms with Gasteiger partial charge in [0.15, 0.2) is 16.4 Å². The molecular formula is C17H17F3N6O3S. The maximum absolute atomic E-state index is 13.6. The van der Waals surface area contributed by atoms with Gasteiger partial charge >= 0.3 is 6.18 Å². The van der Waals surface area contributed by atoms with E-state index in [2.05, 4.69) is 25.4 Å². The number of methoxy groups -OCH3 is 2. The van der Waals surface area contributed by atoms with Crippen LogP contribution >= 0.6 is 11.3 Å². The molecule has 0 spiro atoms. The quantitative estimate of drug-likeness (QED) is 0.621. The van der Waals surface area contributed by atoms with E-state index in [0.29, 0.717) is 11.3 Å². The molecule has 13 heteroatoms. The molecule has 1 amide bonds. The molecule has 0 saturated carbocycles. The van der Waals surface area contributed by atoms with Gasteiger partial charge in [-0.15, -0.1) is 0 Å². The lowest BCUT2D eigenvalue weighted by Gasteiger charge is -2.11. The van der Waals surface area contributed by atoms with Crippen LogP contribution < -0.4 is 14.8 Å². The summed E-state index contributed by atoms with van der Waals surface area (Å²) in [7, 11) is 2.57. The Morgan fingerprint density at radius 3 is 2.37 bits per heavy atom. The smallest absolute Gasteiger partial charge is 0.434 e. The largest absolute Gasteiger partial charge is 0.480 e. The number of thiazole rings is 1. The molecule has 3 rings (SSSR count). The van der Waals surface area contributed by atoms with Crippen molar-refractivity contribution in [3.63, 3.8) is 0 Å². The van der Waals surface area contributed by atoms with Crippen molar-refractivity contribution in [1.82, 2.24) is 24.7 Å². The van der Waals surface area contributed by atoms with E-state index in [1.54, 1.807) is 13.8 Å². The number of halogens is 3. The lowest BCUT2D eigenvalue weighted by molar-refractivity contribution is -0.140. The van der Waals surface area contributed by atoms with Gasteiger partial charge in [0.25, 0.3) is 5.91 Å². The summed E-state index contributed by atoms with van der Waals surface area (Å²) in [5.41, 5.74) is -1.04. The minimum Gasteiger partial charge on any atom is -0.480 e. The van der Waals surface area contributed by atoms with Crippen molar-refractivity contribution in [3.05, 3.63) is 29.8 Å². The predicted molar refractivity (Wildman–Crippen MR) is 102 cm³/mol. The monoisotopic (exact) mass is 442 g/mol. The normalized spacial score (nSPS) is 11.6. The summed E-state index contributed by atoms with van der Waals surface area (Å²) < 4.78 is 52.4. The Bertz CT molecular complexity index is 1040. The fourth-order valence-electron chi connectivity index (χ4n) is 2.66. The molecule has 0 atom stereocenters. The molecule has 3 aromatic heterocycles. The van der Waals surface area contributed by atoms with Crippen LogP contribution in [0.1, 0.15) is 35.9 Å². The number of carbonyl (C=O) groups is 1. The second kappa shape index (κ2) is 8.26. The highest BCUT2D eigenvalue weighted by Gasteiger charge is 2.39. The summed E-state index contributed by atoms with van der Waals surface area (Å²) in [6.45, 7) is 3.59. The van der Waals surface area contributed by atoms with E-state index in [-0.39, 0.29) is 39.1 Å². The van der Waals surface area contributed by atoms with Gasteiger partial charge in [0.05, 0.1) is 24.8 Å². The van der Waals surface area contributed by atoms with Crippen molar-refractivity contribution in [2.75, 3.05) is 19.5 Å². The Balaban J connectivity index is 2.04.